The minimum atomic E-state index is -0.182. The minimum Gasteiger partial charge on any atom is -0.493 e. The Bertz CT molecular complexity index is 1290. The van der Waals surface area contributed by atoms with Crippen LogP contribution in [0.1, 0.15) is 5.56 Å². The van der Waals surface area contributed by atoms with Gasteiger partial charge < -0.3 is 14.2 Å². The molecular formula is C20H16BrN3O4S. The number of halogens is 1. The molecule has 2 aromatic heterocycles. The van der Waals surface area contributed by atoms with Crippen LogP contribution in [0.15, 0.2) is 45.7 Å². The van der Waals surface area contributed by atoms with E-state index in [0.29, 0.717) is 38.1 Å². The molecule has 0 unspecified atom stereocenters. The lowest BCUT2D eigenvalue weighted by molar-refractivity contribution is 0.324. The Labute approximate surface area is 178 Å². The first kappa shape index (κ1) is 19.4. The number of aromatic nitrogens is 3. The van der Waals surface area contributed by atoms with Crippen LogP contribution in [0.4, 0.5) is 0 Å². The third-order valence-electron chi connectivity index (χ3n) is 4.32. The fourth-order valence-electron chi connectivity index (χ4n) is 3.01. The van der Waals surface area contributed by atoms with Gasteiger partial charge in [-0.15, -0.1) is 10.2 Å². The molecular weight excluding hydrogens is 458 g/mol. The molecule has 0 amide bonds. The maximum atomic E-state index is 13.1. The van der Waals surface area contributed by atoms with Gasteiger partial charge in [-0.2, -0.15) is 0 Å². The zero-order valence-corrected chi connectivity index (χ0v) is 18.2. The molecule has 0 bridgehead atoms. The number of hydrogen-bond donors (Lipinski definition) is 0. The summed E-state index contributed by atoms with van der Waals surface area (Å²) in [5.74, 6) is 1.83. The van der Waals surface area contributed by atoms with E-state index in [1.165, 1.54) is 37.1 Å². The summed E-state index contributed by atoms with van der Waals surface area (Å²) in [6, 6.07) is 11.2. The smallest absolute Gasteiger partial charge is 0.276 e. The normalized spacial score (nSPS) is 11.8. The van der Waals surface area contributed by atoms with E-state index in [0.717, 1.165) is 10.0 Å². The van der Waals surface area contributed by atoms with Gasteiger partial charge in [0.15, 0.2) is 17.3 Å². The molecule has 2 aromatic carbocycles. The molecule has 0 aliphatic heterocycles. The number of ether oxygens (including phenoxy) is 3. The second-order valence-electron chi connectivity index (χ2n) is 6.03. The zero-order chi connectivity index (χ0) is 20.5. The first-order valence-corrected chi connectivity index (χ1v) is 10.1. The predicted octanol–water partition coefficient (Wildman–Crippen LogP) is 3.15. The third-order valence-corrected chi connectivity index (χ3v) is 5.77. The molecule has 7 nitrogen and oxygen atoms in total. The van der Waals surface area contributed by atoms with E-state index in [9.17, 15) is 4.79 Å². The molecule has 0 aliphatic carbocycles. The molecule has 4 aromatic rings. The summed E-state index contributed by atoms with van der Waals surface area (Å²) in [6.45, 7) is 0. The van der Waals surface area contributed by atoms with Crippen LogP contribution in [0.5, 0.6) is 17.2 Å². The second kappa shape index (κ2) is 7.84. The maximum Gasteiger partial charge on any atom is 0.276 e. The van der Waals surface area contributed by atoms with Crippen molar-refractivity contribution in [1.82, 2.24) is 14.6 Å². The Balaban J connectivity index is 1.91. The van der Waals surface area contributed by atoms with Crippen molar-refractivity contribution in [3.63, 3.8) is 0 Å². The molecule has 0 N–H and O–H groups in total. The topological polar surface area (TPSA) is 75.0 Å². The fourth-order valence-corrected chi connectivity index (χ4v) is 4.34. The highest BCUT2D eigenvalue weighted by Gasteiger charge is 2.19. The van der Waals surface area contributed by atoms with Crippen LogP contribution in [0.3, 0.4) is 0 Å². The van der Waals surface area contributed by atoms with Gasteiger partial charge in [-0.3, -0.25) is 4.79 Å². The van der Waals surface area contributed by atoms with Crippen molar-refractivity contribution in [3.8, 4) is 28.6 Å². The highest BCUT2D eigenvalue weighted by Crippen LogP contribution is 2.40. The summed E-state index contributed by atoms with van der Waals surface area (Å²) in [5.41, 5.74) is 1.37. The van der Waals surface area contributed by atoms with E-state index in [1.54, 1.807) is 12.1 Å². The molecule has 148 valence electrons. The van der Waals surface area contributed by atoms with Crippen molar-refractivity contribution in [3.05, 3.63) is 61.3 Å². The monoisotopic (exact) mass is 473 g/mol. The molecule has 0 saturated carbocycles. The number of benzene rings is 2. The fraction of sp³-hybridized carbons (Fsp3) is 0.150. The van der Waals surface area contributed by atoms with Crippen LogP contribution in [-0.4, -0.2) is 35.9 Å². The van der Waals surface area contributed by atoms with Gasteiger partial charge in [0.25, 0.3) is 5.56 Å². The Morgan fingerprint density at radius 2 is 1.76 bits per heavy atom. The number of rotatable bonds is 5. The van der Waals surface area contributed by atoms with Crippen LogP contribution in [0.2, 0.25) is 0 Å². The molecule has 4 rings (SSSR count). The summed E-state index contributed by atoms with van der Waals surface area (Å²) < 4.78 is 19.2. The van der Waals surface area contributed by atoms with E-state index in [2.05, 4.69) is 26.1 Å². The summed E-state index contributed by atoms with van der Waals surface area (Å²) in [5, 5.41) is 8.38. The largest absolute Gasteiger partial charge is 0.493 e. The van der Waals surface area contributed by atoms with Crippen LogP contribution >= 0.6 is 27.3 Å². The summed E-state index contributed by atoms with van der Waals surface area (Å²) >= 11 is 4.73. The van der Waals surface area contributed by atoms with E-state index in [1.807, 2.05) is 30.3 Å². The van der Waals surface area contributed by atoms with Crippen LogP contribution < -0.4 is 24.3 Å². The molecule has 29 heavy (non-hydrogen) atoms. The van der Waals surface area contributed by atoms with Gasteiger partial charge >= 0.3 is 0 Å². The second-order valence-corrected chi connectivity index (χ2v) is 7.95. The number of hydrogen-bond acceptors (Lipinski definition) is 7. The number of methoxy groups -OCH3 is 3. The lowest BCUT2D eigenvalue weighted by atomic mass is 10.1. The number of thiazole rings is 1. The predicted molar refractivity (Wildman–Crippen MR) is 115 cm³/mol. The SMILES string of the molecule is COc1cc(-c2nnc3s/c(=C/c4cccc(Br)c4)c(=O)n23)cc(OC)c1OC. The standard InChI is InChI=1S/C20H16BrN3O4S/c1-26-14-9-12(10-15(27-2)17(14)28-3)18-22-23-20-24(18)19(25)16(29-20)8-11-5-4-6-13(21)7-11/h4-10H,1-3H3/b16-8+. The molecule has 2 heterocycles. The highest BCUT2D eigenvalue weighted by atomic mass is 79.9. The van der Waals surface area contributed by atoms with Gasteiger partial charge in [0.05, 0.1) is 25.9 Å². The van der Waals surface area contributed by atoms with Gasteiger partial charge in [-0.1, -0.05) is 39.4 Å². The van der Waals surface area contributed by atoms with E-state index < -0.39 is 0 Å². The van der Waals surface area contributed by atoms with E-state index in [4.69, 9.17) is 14.2 Å². The van der Waals surface area contributed by atoms with Crippen LogP contribution in [0, 0.1) is 0 Å². The van der Waals surface area contributed by atoms with Crippen molar-refractivity contribution in [1.29, 1.82) is 0 Å². The van der Waals surface area contributed by atoms with Gasteiger partial charge in [-0.05, 0) is 35.9 Å². The molecule has 0 atom stereocenters. The van der Waals surface area contributed by atoms with E-state index in [-0.39, 0.29) is 5.56 Å². The minimum absolute atomic E-state index is 0.182. The Morgan fingerprint density at radius 1 is 1.03 bits per heavy atom. The molecule has 0 fully saturated rings. The Kier molecular flexibility index (Phi) is 5.25. The molecule has 9 heteroatoms. The first-order chi connectivity index (χ1) is 14.0. The molecule has 0 aliphatic rings. The number of fused-ring (bicyclic) bond motifs is 1. The van der Waals surface area contributed by atoms with Crippen molar-refractivity contribution in [2.24, 2.45) is 0 Å². The molecule has 0 spiro atoms. The van der Waals surface area contributed by atoms with Crippen molar-refractivity contribution < 1.29 is 14.2 Å². The van der Waals surface area contributed by atoms with Crippen LogP contribution in [0.25, 0.3) is 22.4 Å². The van der Waals surface area contributed by atoms with Gasteiger partial charge in [0, 0.05) is 10.0 Å². The Morgan fingerprint density at radius 3 is 2.38 bits per heavy atom. The zero-order valence-electron chi connectivity index (χ0n) is 15.8. The van der Waals surface area contributed by atoms with Gasteiger partial charge in [0.1, 0.15) is 0 Å². The average molecular weight is 474 g/mol. The maximum absolute atomic E-state index is 13.1. The third kappa shape index (κ3) is 3.47. The van der Waals surface area contributed by atoms with Crippen LogP contribution in [-0.2, 0) is 0 Å². The Hall–Kier alpha value is -2.91. The lowest BCUT2D eigenvalue weighted by Crippen LogP contribution is -2.23. The van der Waals surface area contributed by atoms with Gasteiger partial charge in [0.2, 0.25) is 10.7 Å². The van der Waals surface area contributed by atoms with Gasteiger partial charge in [-0.25, -0.2) is 4.40 Å². The molecule has 0 radical (unpaired) electrons. The van der Waals surface area contributed by atoms with Crippen molar-refractivity contribution in [2.75, 3.05) is 21.3 Å². The number of nitrogens with zero attached hydrogens (tertiary/aromatic N) is 3. The molecule has 0 saturated heterocycles. The highest BCUT2D eigenvalue weighted by molar-refractivity contribution is 9.10. The first-order valence-electron chi connectivity index (χ1n) is 8.51. The lowest BCUT2D eigenvalue weighted by Gasteiger charge is -2.13. The average Bonchev–Trinajstić information content (AvgIpc) is 3.27. The van der Waals surface area contributed by atoms with E-state index >= 15 is 0 Å². The quantitative estimate of drug-likeness (QED) is 0.443. The summed E-state index contributed by atoms with van der Waals surface area (Å²) in [6.07, 6.45) is 1.84. The summed E-state index contributed by atoms with van der Waals surface area (Å²) in [4.78, 5) is 13.6. The van der Waals surface area contributed by atoms with Crippen molar-refractivity contribution >= 4 is 38.3 Å². The van der Waals surface area contributed by atoms with Crippen molar-refractivity contribution in [2.45, 2.75) is 0 Å². The summed E-state index contributed by atoms with van der Waals surface area (Å²) in [7, 11) is 4.61.